The maximum absolute atomic E-state index is 13.5. The summed E-state index contributed by atoms with van der Waals surface area (Å²) in [5.41, 5.74) is -2.66. The lowest BCUT2D eigenvalue weighted by Gasteiger charge is -2.36. The van der Waals surface area contributed by atoms with Gasteiger partial charge in [-0.15, -0.1) is 0 Å². The smallest absolute Gasteiger partial charge is 0.378 e. The van der Waals surface area contributed by atoms with Crippen LogP contribution in [0.1, 0.15) is 33.6 Å². The van der Waals surface area contributed by atoms with Gasteiger partial charge in [0.1, 0.15) is 6.61 Å². The Balaban J connectivity index is 2.15. The zero-order chi connectivity index (χ0) is 18.6. The van der Waals surface area contributed by atoms with Gasteiger partial charge in [-0.1, -0.05) is 20.8 Å². The van der Waals surface area contributed by atoms with Crippen LogP contribution in [0.4, 0.5) is 13.2 Å². The van der Waals surface area contributed by atoms with Crippen molar-refractivity contribution in [2.75, 3.05) is 13.7 Å². The summed E-state index contributed by atoms with van der Waals surface area (Å²) >= 11 is -3.71. The van der Waals surface area contributed by atoms with E-state index in [1.807, 2.05) is 6.92 Å². The van der Waals surface area contributed by atoms with Crippen LogP contribution in [0.25, 0.3) is 0 Å². The third-order valence-corrected chi connectivity index (χ3v) is 6.49. The highest BCUT2D eigenvalue weighted by Crippen LogP contribution is 2.68. The number of ether oxygens (including phenoxy) is 3. The van der Waals surface area contributed by atoms with E-state index >= 15 is 0 Å². The number of fused-ring (bicyclic) bond motifs is 2. The lowest BCUT2D eigenvalue weighted by Crippen LogP contribution is -2.50. The maximum atomic E-state index is 13.5. The van der Waals surface area contributed by atoms with Gasteiger partial charge < -0.3 is 18.8 Å². The molecule has 1 aliphatic heterocycles. The Morgan fingerprint density at radius 3 is 2.46 bits per heavy atom. The Morgan fingerprint density at radius 1 is 1.42 bits per heavy atom. The van der Waals surface area contributed by atoms with Crippen LogP contribution in [0.2, 0.25) is 0 Å². The Kier molecular flexibility index (Phi) is 4.84. The van der Waals surface area contributed by atoms with E-state index in [1.54, 1.807) is 13.8 Å². The number of hydrogen-bond acceptors (Lipinski definition) is 5. The summed E-state index contributed by atoms with van der Waals surface area (Å²) in [4.78, 5) is 12.5. The highest BCUT2D eigenvalue weighted by molar-refractivity contribution is 7.80. The molecule has 0 aromatic heterocycles. The first-order valence-corrected chi connectivity index (χ1v) is 8.48. The highest BCUT2D eigenvalue weighted by Gasteiger charge is 2.75. The van der Waals surface area contributed by atoms with Gasteiger partial charge in [-0.05, 0) is 12.8 Å². The predicted molar refractivity (Wildman–Crippen MR) is 77.3 cm³/mol. The largest absolute Gasteiger partial charge is 0.460 e. The van der Waals surface area contributed by atoms with Gasteiger partial charge in [0.25, 0.3) is 0 Å². The second-order valence-electron chi connectivity index (χ2n) is 6.93. The fourth-order valence-electron chi connectivity index (χ4n) is 3.64. The van der Waals surface area contributed by atoms with Gasteiger partial charge in [0, 0.05) is 17.9 Å². The van der Waals surface area contributed by atoms with Crippen LogP contribution in [-0.4, -0.2) is 51.8 Å². The molecule has 10 heteroatoms. The van der Waals surface area contributed by atoms with E-state index in [0.717, 1.165) is 0 Å². The van der Waals surface area contributed by atoms with E-state index in [9.17, 15) is 22.2 Å². The molecule has 1 saturated carbocycles. The van der Waals surface area contributed by atoms with E-state index in [2.05, 4.69) is 0 Å². The first-order valence-electron chi connectivity index (χ1n) is 7.37. The van der Waals surface area contributed by atoms with Crippen LogP contribution in [0.5, 0.6) is 0 Å². The lowest BCUT2D eigenvalue weighted by atomic mass is 9.66. The number of carbonyl (C=O) groups is 1. The summed E-state index contributed by atoms with van der Waals surface area (Å²) in [6, 6.07) is 0. The molecule has 0 radical (unpaired) electrons. The minimum absolute atomic E-state index is 0.286. The molecule has 5 atom stereocenters. The normalized spacial score (nSPS) is 37.2. The van der Waals surface area contributed by atoms with Gasteiger partial charge in [0.15, 0.2) is 11.9 Å². The molecule has 2 aliphatic rings. The molecule has 0 amide bonds. The Bertz CT molecular complexity index is 557. The van der Waals surface area contributed by atoms with Gasteiger partial charge in [-0.2, -0.15) is 8.78 Å². The molecule has 0 aromatic rings. The molecule has 0 aromatic carbocycles. The first kappa shape index (κ1) is 19.6. The number of methoxy groups -OCH3 is 1. The van der Waals surface area contributed by atoms with Crippen molar-refractivity contribution in [1.29, 1.82) is 0 Å². The summed E-state index contributed by atoms with van der Waals surface area (Å²) in [5.74, 6) is -0.974. The Labute approximate surface area is 140 Å². The zero-order valence-electron chi connectivity index (χ0n) is 13.8. The number of hydrogen-bond donors (Lipinski definition) is 1. The molecule has 1 aliphatic carbocycles. The van der Waals surface area contributed by atoms with Gasteiger partial charge in [0.2, 0.25) is 17.3 Å². The summed E-state index contributed by atoms with van der Waals surface area (Å²) < 4.78 is 74.3. The van der Waals surface area contributed by atoms with Crippen molar-refractivity contribution in [1.82, 2.24) is 0 Å². The van der Waals surface area contributed by atoms with Crippen molar-refractivity contribution in [3.05, 3.63) is 0 Å². The fraction of sp³-hybridized carbons (Fsp3) is 0.929. The van der Waals surface area contributed by atoms with Crippen molar-refractivity contribution in [2.24, 2.45) is 10.8 Å². The summed E-state index contributed by atoms with van der Waals surface area (Å²) in [5, 5.41) is -4.52. The molecule has 1 saturated heterocycles. The van der Waals surface area contributed by atoms with Crippen LogP contribution in [0.15, 0.2) is 0 Å². The molecule has 140 valence electrons. The van der Waals surface area contributed by atoms with Gasteiger partial charge in [-0.25, -0.2) is 13.4 Å². The fourth-order valence-corrected chi connectivity index (χ4v) is 3.93. The summed E-state index contributed by atoms with van der Waals surface area (Å²) in [7, 11) is 1.43. The molecular weight excluding hydrogens is 353 g/mol. The molecule has 1 heterocycles. The van der Waals surface area contributed by atoms with Crippen molar-refractivity contribution >= 4 is 17.0 Å². The number of halogens is 3. The monoisotopic (exact) mass is 374 g/mol. The maximum Gasteiger partial charge on any atom is 0.378 e. The van der Waals surface area contributed by atoms with E-state index in [-0.39, 0.29) is 6.42 Å². The molecule has 1 N–H and O–H groups in total. The minimum atomic E-state index is -4.52. The van der Waals surface area contributed by atoms with Crippen LogP contribution in [-0.2, 0) is 30.1 Å². The number of esters is 1. The molecule has 0 spiro atoms. The third-order valence-electron chi connectivity index (χ3n) is 5.76. The van der Waals surface area contributed by atoms with Gasteiger partial charge in [0.05, 0.1) is 0 Å². The van der Waals surface area contributed by atoms with Crippen molar-refractivity contribution in [3.8, 4) is 0 Å². The van der Waals surface area contributed by atoms with Crippen LogP contribution in [0, 0.1) is 10.8 Å². The quantitative estimate of drug-likeness (QED) is 0.567. The van der Waals surface area contributed by atoms with E-state index in [0.29, 0.717) is 6.42 Å². The van der Waals surface area contributed by atoms with Crippen LogP contribution >= 0.6 is 0 Å². The average Bonchev–Trinajstić information content (AvgIpc) is 2.81. The average molecular weight is 374 g/mol. The molecule has 6 nitrogen and oxygen atoms in total. The third kappa shape index (κ3) is 2.41. The Morgan fingerprint density at radius 2 is 2.00 bits per heavy atom. The SMILES string of the molecule is COC1OC2(C(=O)OCC(F)C(F)(F)S(=O)O)CCC1(C)C2(C)C. The zero-order valence-corrected chi connectivity index (χ0v) is 14.6. The van der Waals surface area contributed by atoms with Crippen molar-refractivity contribution < 1.29 is 40.9 Å². The highest BCUT2D eigenvalue weighted by atomic mass is 32.2. The molecule has 24 heavy (non-hydrogen) atoms. The van der Waals surface area contributed by atoms with E-state index < -0.39 is 57.8 Å². The molecular formula is C14H21F3O6S. The molecule has 2 fully saturated rings. The van der Waals surface area contributed by atoms with Gasteiger partial charge in [-0.3, -0.25) is 0 Å². The molecule has 5 unspecified atom stereocenters. The topological polar surface area (TPSA) is 82.1 Å². The number of alkyl halides is 3. The van der Waals surface area contributed by atoms with Crippen LogP contribution in [0.3, 0.4) is 0 Å². The van der Waals surface area contributed by atoms with Crippen LogP contribution < -0.4 is 0 Å². The minimum Gasteiger partial charge on any atom is -0.460 e. The Hall–Kier alpha value is -0.710. The second-order valence-corrected chi connectivity index (χ2v) is 7.97. The van der Waals surface area contributed by atoms with Gasteiger partial charge >= 0.3 is 11.2 Å². The number of carbonyl (C=O) groups excluding carboxylic acids is 1. The van der Waals surface area contributed by atoms with Crippen molar-refractivity contribution in [2.45, 2.75) is 56.9 Å². The second kappa shape index (κ2) is 5.93. The predicted octanol–water partition coefficient (Wildman–Crippen LogP) is 2.25. The molecule has 2 bridgehead atoms. The van der Waals surface area contributed by atoms with E-state index in [1.165, 1.54) is 7.11 Å². The standard InChI is InChI=1S/C14H21F3O6S/c1-11(2)12(3)5-6-13(11,23-10(12)21-4)9(18)22-7-8(15)14(16,17)24(19)20/h8,10H,5-7H2,1-4H3,(H,19,20). The first-order chi connectivity index (χ1) is 10.9. The number of rotatable bonds is 6. The molecule has 2 rings (SSSR count). The summed E-state index contributed by atoms with van der Waals surface area (Å²) in [6.07, 6.45) is -2.90. The summed E-state index contributed by atoms with van der Waals surface area (Å²) in [6.45, 7) is 4.12. The van der Waals surface area contributed by atoms with Crippen molar-refractivity contribution in [3.63, 3.8) is 0 Å². The lowest BCUT2D eigenvalue weighted by molar-refractivity contribution is -0.221. The van der Waals surface area contributed by atoms with E-state index in [4.69, 9.17) is 18.8 Å².